The summed E-state index contributed by atoms with van der Waals surface area (Å²) in [5.74, 6) is -0.625. The van der Waals surface area contributed by atoms with Crippen molar-refractivity contribution < 1.29 is 22.5 Å². The first-order chi connectivity index (χ1) is 14.8. The first kappa shape index (κ1) is 30.6. The van der Waals surface area contributed by atoms with Crippen molar-refractivity contribution in [2.45, 2.75) is 105 Å². The van der Waals surface area contributed by atoms with E-state index < -0.39 is 17.4 Å². The molecule has 0 saturated heterocycles. The topological polar surface area (TPSA) is 80.7 Å². The minimum atomic E-state index is -4.03. The summed E-state index contributed by atoms with van der Waals surface area (Å²) in [4.78, 5) is 13.2. The number of carbonyl (C=O) groups is 1. The van der Waals surface area contributed by atoms with Crippen LogP contribution >= 0.6 is 7.26 Å². The molecule has 7 heteroatoms. The van der Waals surface area contributed by atoms with Crippen LogP contribution in [0.4, 0.5) is 0 Å². The molecule has 0 radical (unpaired) electrons. The average molecular weight is 480 g/mol. The third-order valence-corrected chi connectivity index (χ3v) is 11.4. The zero-order valence-corrected chi connectivity index (χ0v) is 22.2. The van der Waals surface area contributed by atoms with Crippen LogP contribution in [-0.2, 0) is 19.6 Å². The van der Waals surface area contributed by atoms with E-state index in [0.717, 1.165) is 75.2 Å². The van der Waals surface area contributed by atoms with E-state index in [1.54, 1.807) is 0 Å². The first-order valence-electron chi connectivity index (χ1n) is 12.4. The molecule has 0 bridgehead atoms. The molecule has 0 saturated carbocycles. The van der Waals surface area contributed by atoms with Crippen molar-refractivity contribution >= 4 is 23.3 Å². The minimum Gasteiger partial charge on any atom is -0.460 e. The van der Waals surface area contributed by atoms with E-state index in [9.17, 15) is 13.2 Å². The highest BCUT2D eigenvalue weighted by Crippen LogP contribution is 2.67. The van der Waals surface area contributed by atoms with Gasteiger partial charge in [-0.15, -0.1) is 0 Å². The highest BCUT2D eigenvalue weighted by Gasteiger charge is 2.44. The molecular weight excluding hydrogens is 431 g/mol. The number of hydrogen-bond acceptors (Lipinski definition) is 4. The van der Waals surface area contributed by atoms with Gasteiger partial charge < -0.3 is 4.74 Å². The van der Waals surface area contributed by atoms with E-state index in [-0.39, 0.29) is 24.7 Å². The Bertz CT molecular complexity index is 579. The normalized spacial score (nSPS) is 12.9. The Morgan fingerprint density at radius 2 is 1.32 bits per heavy atom. The van der Waals surface area contributed by atoms with Crippen LogP contribution in [0, 0.1) is 0 Å². The van der Waals surface area contributed by atoms with Crippen molar-refractivity contribution in [1.29, 1.82) is 0 Å². The first-order valence-corrected chi connectivity index (χ1v) is 16.4. The molecule has 0 amide bonds. The van der Waals surface area contributed by atoms with Crippen LogP contribution in [0.25, 0.3) is 0 Å². The van der Waals surface area contributed by atoms with Gasteiger partial charge in [-0.25, -0.2) is 4.79 Å². The maximum Gasteiger partial charge on any atom is 0.373 e. The zero-order chi connectivity index (χ0) is 23.6. The Balaban J connectivity index is 5.66. The molecule has 0 aromatic rings. The highest BCUT2D eigenvalue weighted by atomic mass is 32.2. The van der Waals surface area contributed by atoms with Gasteiger partial charge in [-0.05, 0) is 44.6 Å². The average Bonchev–Trinajstić information content (AvgIpc) is 2.73. The Kier molecular flexibility index (Phi) is 17.8. The smallest absolute Gasteiger partial charge is 0.373 e. The van der Waals surface area contributed by atoms with E-state index in [2.05, 4.69) is 33.8 Å². The van der Waals surface area contributed by atoms with Gasteiger partial charge in [0, 0.05) is 0 Å². The summed E-state index contributed by atoms with van der Waals surface area (Å²) >= 11 is 0. The summed E-state index contributed by atoms with van der Waals surface area (Å²) in [5, 5.41) is 0.922. The second kappa shape index (κ2) is 18.0. The lowest BCUT2D eigenvalue weighted by Crippen LogP contribution is -2.20. The molecule has 0 unspecified atom stereocenters. The summed E-state index contributed by atoms with van der Waals surface area (Å²) in [6.45, 7) is 8.84. The number of rotatable bonds is 20. The molecule has 0 atom stereocenters. The Labute approximate surface area is 192 Å². The fraction of sp³-hybridized carbons (Fsp3) is 0.875. The molecule has 0 fully saturated rings. The quantitative estimate of drug-likeness (QED) is 0.0663. The molecule has 0 rings (SSSR count). The monoisotopic (exact) mass is 479 g/mol. The van der Waals surface area contributed by atoms with Gasteiger partial charge >= 0.3 is 5.97 Å². The SMILES string of the molecule is CCCCCCC=C(C(=O)OCCCS(=O)(=O)O)[P+](CCCC)(CCCC)CCCC. The van der Waals surface area contributed by atoms with Crippen molar-refractivity contribution in [3.63, 3.8) is 0 Å². The standard InChI is InChI=1S/C24H47O5PS/c1-5-9-13-14-15-17-23(24(25)29-18-16-22-31(26,27)28)30(19-10-6-2,20-11-7-3)21-12-8-4/h17H,5-16,18-22H2,1-4H3/p+1. The second-order valence-electron chi connectivity index (χ2n) is 8.59. The Morgan fingerprint density at radius 1 is 0.806 bits per heavy atom. The van der Waals surface area contributed by atoms with Gasteiger partial charge in [-0.3, -0.25) is 4.55 Å². The number of allylic oxidation sites excluding steroid dienone is 1. The third kappa shape index (κ3) is 14.3. The fourth-order valence-electron chi connectivity index (χ4n) is 3.84. The van der Waals surface area contributed by atoms with Gasteiger partial charge in [-0.2, -0.15) is 8.42 Å². The van der Waals surface area contributed by atoms with Gasteiger partial charge in [0.1, 0.15) is 0 Å². The molecule has 0 aliphatic heterocycles. The maximum atomic E-state index is 13.2. The lowest BCUT2D eigenvalue weighted by molar-refractivity contribution is -0.138. The Hall–Kier alpha value is -0.450. The summed E-state index contributed by atoms with van der Waals surface area (Å²) in [6.07, 6.45) is 17.9. The van der Waals surface area contributed by atoms with Crippen LogP contribution in [0.2, 0.25) is 0 Å². The van der Waals surface area contributed by atoms with Crippen molar-refractivity contribution in [1.82, 2.24) is 0 Å². The molecule has 0 heterocycles. The van der Waals surface area contributed by atoms with Gasteiger partial charge in [-0.1, -0.05) is 66.2 Å². The molecule has 0 aliphatic rings. The molecule has 0 aromatic heterocycles. The third-order valence-electron chi connectivity index (χ3n) is 5.71. The van der Waals surface area contributed by atoms with Crippen molar-refractivity contribution in [3.05, 3.63) is 11.4 Å². The van der Waals surface area contributed by atoms with E-state index >= 15 is 0 Å². The molecule has 184 valence electrons. The Morgan fingerprint density at radius 3 is 1.77 bits per heavy atom. The lowest BCUT2D eigenvalue weighted by Gasteiger charge is -2.29. The summed E-state index contributed by atoms with van der Waals surface area (Å²) in [5.41, 5.74) is 0. The molecule has 0 aromatic carbocycles. The molecule has 31 heavy (non-hydrogen) atoms. The molecule has 1 N–H and O–H groups in total. The summed E-state index contributed by atoms with van der Waals surface area (Å²) in [6, 6.07) is 0. The van der Waals surface area contributed by atoms with Gasteiger partial charge in [0.05, 0.1) is 38.1 Å². The number of ether oxygens (including phenoxy) is 1. The van der Waals surface area contributed by atoms with Gasteiger partial charge in [0.15, 0.2) is 5.31 Å². The van der Waals surface area contributed by atoms with Crippen LogP contribution in [0.5, 0.6) is 0 Å². The predicted octanol–water partition coefficient (Wildman–Crippen LogP) is 7.08. The molecule has 0 aliphatic carbocycles. The van der Waals surface area contributed by atoms with Crippen molar-refractivity contribution in [2.75, 3.05) is 30.8 Å². The van der Waals surface area contributed by atoms with Crippen LogP contribution < -0.4 is 0 Å². The maximum absolute atomic E-state index is 13.2. The molecule has 0 spiro atoms. The predicted molar refractivity (Wildman–Crippen MR) is 135 cm³/mol. The number of esters is 1. The second-order valence-corrected chi connectivity index (χ2v) is 14.3. The summed E-state index contributed by atoms with van der Waals surface area (Å²) < 4.78 is 36.4. The molecule has 5 nitrogen and oxygen atoms in total. The van der Waals surface area contributed by atoms with Gasteiger partial charge in [0.2, 0.25) is 0 Å². The van der Waals surface area contributed by atoms with E-state index in [4.69, 9.17) is 9.29 Å². The van der Waals surface area contributed by atoms with Crippen LogP contribution in [-0.4, -0.2) is 49.8 Å². The number of unbranched alkanes of at least 4 members (excludes halogenated alkanes) is 7. The van der Waals surface area contributed by atoms with Crippen molar-refractivity contribution in [3.8, 4) is 0 Å². The van der Waals surface area contributed by atoms with Gasteiger partial charge in [0.25, 0.3) is 10.1 Å². The van der Waals surface area contributed by atoms with E-state index in [1.165, 1.54) is 19.3 Å². The highest BCUT2D eigenvalue weighted by molar-refractivity contribution is 7.85. The van der Waals surface area contributed by atoms with Crippen LogP contribution in [0.1, 0.15) is 105 Å². The van der Waals surface area contributed by atoms with E-state index in [0.29, 0.717) is 0 Å². The largest absolute Gasteiger partial charge is 0.460 e. The van der Waals surface area contributed by atoms with E-state index in [1.807, 2.05) is 0 Å². The van der Waals surface area contributed by atoms with Crippen LogP contribution in [0.15, 0.2) is 11.4 Å². The zero-order valence-electron chi connectivity index (χ0n) is 20.5. The number of carbonyl (C=O) groups excluding carboxylic acids is 1. The van der Waals surface area contributed by atoms with Crippen LogP contribution in [0.3, 0.4) is 0 Å². The number of hydrogen-bond donors (Lipinski definition) is 1. The fourth-order valence-corrected chi connectivity index (χ4v) is 9.45. The summed E-state index contributed by atoms with van der Waals surface area (Å²) in [7, 11) is -5.66. The minimum absolute atomic E-state index is 0.0289. The van der Waals surface area contributed by atoms with Crippen molar-refractivity contribution in [2.24, 2.45) is 0 Å². The lowest BCUT2D eigenvalue weighted by atomic mass is 10.1. The molecular formula is C24H48O5PS+.